The van der Waals surface area contributed by atoms with E-state index < -0.39 is 23.5 Å². The highest BCUT2D eigenvalue weighted by Crippen LogP contribution is 2.45. The van der Waals surface area contributed by atoms with Crippen LogP contribution in [-0.2, 0) is 9.59 Å². The third-order valence-corrected chi connectivity index (χ3v) is 6.42. The molecule has 1 fully saturated rings. The van der Waals surface area contributed by atoms with Crippen molar-refractivity contribution in [1.29, 1.82) is 0 Å². The molecule has 1 amide bonds. The van der Waals surface area contributed by atoms with Crippen LogP contribution in [-0.4, -0.2) is 38.0 Å². The van der Waals surface area contributed by atoms with Gasteiger partial charge in [-0.3, -0.25) is 14.5 Å². The maximum atomic E-state index is 13.4. The lowest BCUT2D eigenvalue weighted by atomic mass is 9.94. The summed E-state index contributed by atoms with van der Waals surface area (Å²) in [5, 5.41) is 11.9. The Labute approximate surface area is 213 Å². The fourth-order valence-electron chi connectivity index (χ4n) is 4.24. The summed E-state index contributed by atoms with van der Waals surface area (Å²) < 4.78 is 5.38. The van der Waals surface area contributed by atoms with E-state index >= 15 is 0 Å². The van der Waals surface area contributed by atoms with Gasteiger partial charge in [-0.1, -0.05) is 47.5 Å². The number of amides is 1. The number of hydrogen-bond acceptors (Lipinski definition) is 5. The molecule has 0 aliphatic carbocycles. The van der Waals surface area contributed by atoms with Crippen LogP contribution in [0.1, 0.15) is 22.7 Å². The maximum Gasteiger partial charge on any atom is 0.300 e. The van der Waals surface area contributed by atoms with Crippen molar-refractivity contribution in [3.05, 3.63) is 93.0 Å². The first kappa shape index (κ1) is 24.6. The van der Waals surface area contributed by atoms with Gasteiger partial charge < -0.3 is 14.7 Å². The van der Waals surface area contributed by atoms with Crippen molar-refractivity contribution < 1.29 is 19.4 Å². The summed E-state index contributed by atoms with van der Waals surface area (Å²) in [7, 11) is 5.24. The second-order valence-electron chi connectivity index (χ2n) is 8.46. The second kappa shape index (κ2) is 9.64. The molecule has 0 bridgehead atoms. The fraction of sp³-hybridized carbons (Fsp3) is 0.185. The molecule has 3 aromatic carbocycles. The zero-order chi connectivity index (χ0) is 25.4. The van der Waals surface area contributed by atoms with Gasteiger partial charge in [-0.05, 0) is 54.4 Å². The summed E-state index contributed by atoms with van der Waals surface area (Å²) >= 11 is 12.5. The second-order valence-corrected chi connectivity index (χ2v) is 9.31. The van der Waals surface area contributed by atoms with Crippen LogP contribution in [0.25, 0.3) is 5.76 Å². The number of ether oxygens (including phenoxy) is 1. The van der Waals surface area contributed by atoms with Crippen molar-refractivity contribution in [2.45, 2.75) is 13.0 Å². The van der Waals surface area contributed by atoms with E-state index in [1.165, 1.54) is 24.1 Å². The lowest BCUT2D eigenvalue weighted by Crippen LogP contribution is -2.29. The number of aliphatic hydroxyl groups is 1. The molecular formula is C27H24Cl2N2O4. The fourth-order valence-corrected chi connectivity index (χ4v) is 4.81. The zero-order valence-corrected chi connectivity index (χ0v) is 21.2. The molecule has 180 valence electrons. The quantitative estimate of drug-likeness (QED) is 0.259. The number of hydrogen-bond donors (Lipinski definition) is 1. The molecule has 8 heteroatoms. The minimum Gasteiger partial charge on any atom is -0.507 e. The number of carbonyl (C=O) groups is 2. The molecule has 35 heavy (non-hydrogen) atoms. The van der Waals surface area contributed by atoms with Crippen LogP contribution in [0.3, 0.4) is 0 Å². The molecule has 0 radical (unpaired) electrons. The van der Waals surface area contributed by atoms with Gasteiger partial charge in [0.05, 0.1) is 29.3 Å². The molecular weight excluding hydrogens is 487 g/mol. The number of rotatable bonds is 5. The van der Waals surface area contributed by atoms with Crippen LogP contribution < -0.4 is 14.5 Å². The average Bonchev–Trinajstić information content (AvgIpc) is 3.08. The van der Waals surface area contributed by atoms with E-state index in [9.17, 15) is 14.7 Å². The molecule has 6 nitrogen and oxygen atoms in total. The van der Waals surface area contributed by atoms with Crippen molar-refractivity contribution in [2.24, 2.45) is 0 Å². The Balaban J connectivity index is 2.00. The van der Waals surface area contributed by atoms with Crippen molar-refractivity contribution >= 4 is 52.0 Å². The number of carbonyl (C=O) groups excluding carboxylic acids is 2. The summed E-state index contributed by atoms with van der Waals surface area (Å²) in [5.41, 5.74) is 3.13. The van der Waals surface area contributed by atoms with Gasteiger partial charge >= 0.3 is 0 Å². The molecule has 0 saturated carbocycles. The summed E-state index contributed by atoms with van der Waals surface area (Å²) in [6.07, 6.45) is 0. The van der Waals surface area contributed by atoms with Crippen LogP contribution in [0.15, 0.2) is 66.2 Å². The Bertz CT molecular complexity index is 1350. The molecule has 1 atom stereocenters. The first-order chi connectivity index (χ1) is 16.6. The molecule has 1 aliphatic heterocycles. The van der Waals surface area contributed by atoms with Crippen molar-refractivity contribution in [3.63, 3.8) is 0 Å². The van der Waals surface area contributed by atoms with Gasteiger partial charge in [0, 0.05) is 30.5 Å². The highest BCUT2D eigenvalue weighted by Gasteiger charge is 2.47. The first-order valence-corrected chi connectivity index (χ1v) is 11.6. The number of methoxy groups -OCH3 is 1. The number of nitrogens with zero attached hydrogens (tertiary/aromatic N) is 2. The predicted octanol–water partition coefficient (Wildman–Crippen LogP) is 6.00. The van der Waals surface area contributed by atoms with Gasteiger partial charge in [-0.25, -0.2) is 0 Å². The minimum absolute atomic E-state index is 0.0780. The van der Waals surface area contributed by atoms with E-state index in [-0.39, 0.29) is 26.9 Å². The third-order valence-electron chi connectivity index (χ3n) is 5.92. The highest BCUT2D eigenvalue weighted by molar-refractivity contribution is 6.52. The SMILES string of the molecule is COc1c(Cl)cc(Cl)cc1/C(O)=C1\C(=O)C(=O)N(c2cccc(C)c2)C1c1ccc(N(C)C)cc1. The van der Waals surface area contributed by atoms with Crippen molar-refractivity contribution in [2.75, 3.05) is 31.0 Å². The Morgan fingerprint density at radius 1 is 1.03 bits per heavy atom. The van der Waals surface area contributed by atoms with Gasteiger partial charge in [-0.2, -0.15) is 0 Å². The van der Waals surface area contributed by atoms with Gasteiger partial charge in [0.2, 0.25) is 0 Å². The molecule has 1 N–H and O–H groups in total. The van der Waals surface area contributed by atoms with Gasteiger partial charge in [0.1, 0.15) is 11.5 Å². The number of aryl methyl sites for hydroxylation is 1. The lowest BCUT2D eigenvalue weighted by molar-refractivity contribution is -0.132. The van der Waals surface area contributed by atoms with E-state index in [1.807, 2.05) is 68.4 Å². The minimum atomic E-state index is -0.879. The predicted molar refractivity (Wildman–Crippen MR) is 140 cm³/mol. The number of halogens is 2. The number of aliphatic hydroxyl groups excluding tert-OH is 1. The van der Waals surface area contributed by atoms with Crippen LogP contribution in [0, 0.1) is 6.92 Å². The average molecular weight is 511 g/mol. The van der Waals surface area contributed by atoms with E-state index in [4.69, 9.17) is 27.9 Å². The largest absolute Gasteiger partial charge is 0.507 e. The Hall–Kier alpha value is -3.48. The van der Waals surface area contributed by atoms with Gasteiger partial charge in [0.25, 0.3) is 11.7 Å². The van der Waals surface area contributed by atoms with Crippen LogP contribution in [0.2, 0.25) is 10.0 Å². The molecule has 1 saturated heterocycles. The van der Waals surface area contributed by atoms with Crippen molar-refractivity contribution in [3.8, 4) is 5.75 Å². The summed E-state index contributed by atoms with van der Waals surface area (Å²) in [6, 6.07) is 16.8. The monoisotopic (exact) mass is 510 g/mol. The van der Waals surface area contributed by atoms with Gasteiger partial charge in [0.15, 0.2) is 0 Å². The Morgan fingerprint density at radius 3 is 2.31 bits per heavy atom. The molecule has 1 aliphatic rings. The molecule has 0 aromatic heterocycles. The lowest BCUT2D eigenvalue weighted by Gasteiger charge is -2.26. The molecule has 0 spiro atoms. The van der Waals surface area contributed by atoms with Crippen LogP contribution in [0.5, 0.6) is 5.75 Å². The maximum absolute atomic E-state index is 13.4. The van der Waals surface area contributed by atoms with E-state index in [1.54, 1.807) is 6.07 Å². The van der Waals surface area contributed by atoms with Crippen LogP contribution in [0.4, 0.5) is 11.4 Å². The standard InChI is InChI=1S/C27H24Cl2N2O4/c1-15-6-5-7-19(12-15)31-23(16-8-10-18(11-9-16)30(2)3)22(25(33)27(31)34)24(32)20-13-17(28)14-21(29)26(20)35-4/h5-14,23,32H,1-4H3/b24-22+. The summed E-state index contributed by atoms with van der Waals surface area (Å²) in [4.78, 5) is 30.1. The van der Waals surface area contributed by atoms with Gasteiger partial charge in [-0.15, -0.1) is 0 Å². The topological polar surface area (TPSA) is 70.1 Å². The zero-order valence-electron chi connectivity index (χ0n) is 19.7. The number of ketones is 1. The Morgan fingerprint density at radius 2 is 1.71 bits per heavy atom. The number of benzene rings is 3. The molecule has 4 rings (SSSR count). The van der Waals surface area contributed by atoms with E-state index in [2.05, 4.69) is 0 Å². The highest BCUT2D eigenvalue weighted by atomic mass is 35.5. The van der Waals surface area contributed by atoms with E-state index in [0.29, 0.717) is 11.3 Å². The Kier molecular flexibility index (Phi) is 6.79. The summed E-state index contributed by atoms with van der Waals surface area (Å²) in [5.74, 6) is -1.83. The molecule has 1 unspecified atom stereocenters. The van der Waals surface area contributed by atoms with E-state index in [0.717, 1.165) is 11.3 Å². The van der Waals surface area contributed by atoms with Crippen molar-refractivity contribution in [1.82, 2.24) is 0 Å². The number of Topliss-reactive ketones (excluding diaryl/α,β-unsaturated/α-hetero) is 1. The molecule has 1 heterocycles. The van der Waals surface area contributed by atoms with Crippen LogP contribution >= 0.6 is 23.2 Å². The first-order valence-electron chi connectivity index (χ1n) is 10.8. The summed E-state index contributed by atoms with van der Waals surface area (Å²) in [6.45, 7) is 1.90. The normalized spacial score (nSPS) is 17.1. The number of anilines is 2. The molecule has 3 aromatic rings. The smallest absolute Gasteiger partial charge is 0.300 e. The third kappa shape index (κ3) is 4.47.